The van der Waals surface area contributed by atoms with Gasteiger partial charge in [-0.3, -0.25) is 8.98 Å². The standard InChI is InChI=1S/C12H23NO4S/c1-6-11(14)13-12(4,5)10(17-18(15)16)8-7-9(2)3/h6,9-10H,1,7-8H2,2-5H3,(H,13,14)(H,15,16)/p-1. The van der Waals surface area contributed by atoms with Gasteiger partial charge in [0.1, 0.15) is 0 Å². The third-order valence-corrected chi connectivity index (χ3v) is 3.03. The third kappa shape index (κ3) is 6.88. The molecule has 2 atom stereocenters. The van der Waals surface area contributed by atoms with E-state index < -0.39 is 23.0 Å². The molecule has 0 aromatic heterocycles. The van der Waals surface area contributed by atoms with Crippen LogP contribution in [0.1, 0.15) is 40.5 Å². The number of rotatable bonds is 8. The van der Waals surface area contributed by atoms with E-state index in [1.807, 2.05) is 13.8 Å². The molecular formula is C12H22NO4S-. The predicted molar refractivity (Wildman–Crippen MR) is 70.3 cm³/mol. The number of hydrogen-bond donors (Lipinski definition) is 1. The highest BCUT2D eigenvalue weighted by Crippen LogP contribution is 2.21. The van der Waals surface area contributed by atoms with Gasteiger partial charge in [-0.05, 0) is 38.7 Å². The molecule has 106 valence electrons. The summed E-state index contributed by atoms with van der Waals surface area (Å²) in [4.78, 5) is 11.3. The largest absolute Gasteiger partial charge is 0.750 e. The van der Waals surface area contributed by atoms with Crippen molar-refractivity contribution in [2.75, 3.05) is 0 Å². The summed E-state index contributed by atoms with van der Waals surface area (Å²) in [7, 11) is 0. The van der Waals surface area contributed by atoms with E-state index in [0.717, 1.165) is 12.5 Å². The minimum Gasteiger partial charge on any atom is -0.750 e. The van der Waals surface area contributed by atoms with Crippen molar-refractivity contribution in [3.8, 4) is 0 Å². The molecular weight excluding hydrogens is 254 g/mol. The Morgan fingerprint density at radius 2 is 2.06 bits per heavy atom. The van der Waals surface area contributed by atoms with Crippen molar-refractivity contribution < 1.29 is 17.7 Å². The molecule has 0 radical (unpaired) electrons. The SMILES string of the molecule is C=CC(=O)NC(C)(C)C(CCC(C)C)OS(=O)[O-]. The lowest BCUT2D eigenvalue weighted by atomic mass is 9.91. The Balaban J connectivity index is 4.73. The maximum absolute atomic E-state index is 11.3. The summed E-state index contributed by atoms with van der Waals surface area (Å²) in [6.45, 7) is 10.9. The molecule has 1 amide bonds. The monoisotopic (exact) mass is 276 g/mol. The normalized spacial score (nSPS) is 15.2. The number of amides is 1. The van der Waals surface area contributed by atoms with Crippen LogP contribution >= 0.6 is 0 Å². The van der Waals surface area contributed by atoms with E-state index in [-0.39, 0.29) is 5.91 Å². The molecule has 0 saturated carbocycles. The molecule has 5 nitrogen and oxygen atoms in total. The highest BCUT2D eigenvalue weighted by molar-refractivity contribution is 7.74. The number of carbonyl (C=O) groups is 1. The third-order valence-electron chi connectivity index (χ3n) is 2.64. The average Bonchev–Trinajstić information content (AvgIpc) is 2.22. The molecule has 0 aromatic carbocycles. The first-order valence-electron chi connectivity index (χ1n) is 5.90. The fourth-order valence-corrected chi connectivity index (χ4v) is 2.08. The first-order chi connectivity index (χ1) is 8.19. The lowest BCUT2D eigenvalue weighted by molar-refractivity contribution is -0.119. The summed E-state index contributed by atoms with van der Waals surface area (Å²) < 4.78 is 26.3. The van der Waals surface area contributed by atoms with Crippen molar-refractivity contribution in [1.82, 2.24) is 5.32 Å². The quantitative estimate of drug-likeness (QED) is 0.540. The molecule has 0 aliphatic rings. The maximum Gasteiger partial charge on any atom is 0.243 e. The summed E-state index contributed by atoms with van der Waals surface area (Å²) in [6, 6.07) is 0. The van der Waals surface area contributed by atoms with Crippen LogP contribution in [0.2, 0.25) is 0 Å². The Hall–Kier alpha value is -0.720. The molecule has 0 aliphatic heterocycles. The molecule has 0 saturated heterocycles. The summed E-state index contributed by atoms with van der Waals surface area (Å²) in [5.74, 6) is 0.0805. The second kappa shape index (κ2) is 7.66. The van der Waals surface area contributed by atoms with Crippen LogP contribution in [-0.2, 0) is 20.3 Å². The molecule has 0 heterocycles. The molecule has 2 unspecified atom stereocenters. The second-order valence-electron chi connectivity index (χ2n) is 5.18. The van der Waals surface area contributed by atoms with Gasteiger partial charge in [-0.1, -0.05) is 20.4 Å². The Kier molecular flexibility index (Phi) is 7.35. The van der Waals surface area contributed by atoms with E-state index >= 15 is 0 Å². The first-order valence-corrected chi connectivity index (χ1v) is 6.90. The van der Waals surface area contributed by atoms with Gasteiger partial charge in [-0.2, -0.15) is 0 Å². The lowest BCUT2D eigenvalue weighted by Crippen LogP contribution is -2.53. The van der Waals surface area contributed by atoms with Crippen molar-refractivity contribution in [1.29, 1.82) is 0 Å². The molecule has 6 heteroatoms. The van der Waals surface area contributed by atoms with Crippen molar-refractivity contribution >= 4 is 17.3 Å². The molecule has 0 bridgehead atoms. The fraction of sp³-hybridized carbons (Fsp3) is 0.750. The summed E-state index contributed by atoms with van der Waals surface area (Å²) in [5, 5.41) is 2.68. The van der Waals surface area contributed by atoms with Gasteiger partial charge in [0.2, 0.25) is 5.91 Å². The minimum atomic E-state index is -2.60. The van der Waals surface area contributed by atoms with Gasteiger partial charge in [-0.25, -0.2) is 4.21 Å². The van der Waals surface area contributed by atoms with Crippen LogP contribution < -0.4 is 5.32 Å². The predicted octanol–water partition coefficient (Wildman–Crippen LogP) is 1.68. The molecule has 1 N–H and O–H groups in total. The zero-order valence-corrected chi connectivity index (χ0v) is 12.2. The van der Waals surface area contributed by atoms with Gasteiger partial charge in [-0.15, -0.1) is 0 Å². The van der Waals surface area contributed by atoms with Crippen LogP contribution in [0.5, 0.6) is 0 Å². The summed E-state index contributed by atoms with van der Waals surface area (Å²) in [5.41, 5.74) is -0.778. The van der Waals surface area contributed by atoms with Crippen molar-refractivity contribution in [3.05, 3.63) is 12.7 Å². The molecule has 0 fully saturated rings. The van der Waals surface area contributed by atoms with E-state index in [2.05, 4.69) is 11.9 Å². The maximum atomic E-state index is 11.3. The van der Waals surface area contributed by atoms with Gasteiger partial charge in [0.15, 0.2) is 0 Å². The number of carbonyl (C=O) groups excluding carboxylic acids is 1. The van der Waals surface area contributed by atoms with E-state index in [0.29, 0.717) is 12.3 Å². The molecule has 0 rings (SSSR count). The Bertz CT molecular complexity index is 315. The molecule has 0 spiro atoms. The molecule has 18 heavy (non-hydrogen) atoms. The van der Waals surface area contributed by atoms with Gasteiger partial charge in [0.25, 0.3) is 0 Å². The van der Waals surface area contributed by atoms with Gasteiger partial charge < -0.3 is 9.87 Å². The number of hydrogen-bond acceptors (Lipinski definition) is 4. The van der Waals surface area contributed by atoms with Crippen LogP contribution in [0.15, 0.2) is 12.7 Å². The van der Waals surface area contributed by atoms with E-state index in [9.17, 15) is 13.6 Å². The Morgan fingerprint density at radius 3 is 2.44 bits per heavy atom. The van der Waals surface area contributed by atoms with Gasteiger partial charge in [0.05, 0.1) is 23.0 Å². The second-order valence-corrected chi connectivity index (χ2v) is 5.78. The van der Waals surface area contributed by atoms with Crippen molar-refractivity contribution in [2.24, 2.45) is 5.92 Å². The smallest absolute Gasteiger partial charge is 0.243 e. The van der Waals surface area contributed by atoms with Crippen LogP contribution in [0.3, 0.4) is 0 Å². The summed E-state index contributed by atoms with van der Waals surface area (Å²) in [6.07, 6.45) is 1.92. The Morgan fingerprint density at radius 1 is 1.50 bits per heavy atom. The van der Waals surface area contributed by atoms with Gasteiger partial charge >= 0.3 is 0 Å². The lowest BCUT2D eigenvalue weighted by Gasteiger charge is -2.35. The van der Waals surface area contributed by atoms with Crippen LogP contribution in [0.25, 0.3) is 0 Å². The van der Waals surface area contributed by atoms with Crippen molar-refractivity contribution in [2.45, 2.75) is 52.2 Å². The van der Waals surface area contributed by atoms with Crippen LogP contribution in [0.4, 0.5) is 0 Å². The topological polar surface area (TPSA) is 78.5 Å². The zero-order chi connectivity index (χ0) is 14.3. The van der Waals surface area contributed by atoms with Gasteiger partial charge in [0, 0.05) is 0 Å². The molecule has 0 aromatic rings. The fourth-order valence-electron chi connectivity index (χ4n) is 1.56. The minimum absolute atomic E-state index is 0.352. The van der Waals surface area contributed by atoms with Crippen molar-refractivity contribution in [3.63, 3.8) is 0 Å². The molecule has 0 aliphatic carbocycles. The van der Waals surface area contributed by atoms with E-state index in [1.165, 1.54) is 0 Å². The highest BCUT2D eigenvalue weighted by atomic mass is 32.2. The van der Waals surface area contributed by atoms with E-state index in [4.69, 9.17) is 4.18 Å². The summed E-state index contributed by atoms with van der Waals surface area (Å²) >= 11 is -2.60. The van der Waals surface area contributed by atoms with E-state index in [1.54, 1.807) is 13.8 Å². The number of nitrogens with one attached hydrogen (secondary N) is 1. The average molecular weight is 276 g/mol. The van der Waals surface area contributed by atoms with Crippen LogP contribution in [0, 0.1) is 5.92 Å². The highest BCUT2D eigenvalue weighted by Gasteiger charge is 2.32. The Labute approximate surface area is 111 Å². The first kappa shape index (κ1) is 17.3. The van der Waals surface area contributed by atoms with Crippen LogP contribution in [-0.4, -0.2) is 26.3 Å². The zero-order valence-electron chi connectivity index (χ0n) is 11.4.